The number of hydrogen-bond acceptors (Lipinski definition) is 5. The van der Waals surface area contributed by atoms with Gasteiger partial charge in [-0.25, -0.2) is 4.79 Å². The quantitative estimate of drug-likeness (QED) is 0.555. The van der Waals surface area contributed by atoms with Gasteiger partial charge in [0.15, 0.2) is 0 Å². The van der Waals surface area contributed by atoms with E-state index in [1.54, 1.807) is 62.6 Å². The zero-order valence-corrected chi connectivity index (χ0v) is 16.3. The number of carbonyl (C=O) groups is 4. The number of benzene rings is 2. The van der Waals surface area contributed by atoms with E-state index in [1.807, 2.05) is 6.07 Å². The Morgan fingerprint density at radius 1 is 0.966 bits per heavy atom. The fraction of sp³-hybridized carbons (Fsp3) is 0.273. The van der Waals surface area contributed by atoms with Gasteiger partial charge in [0.05, 0.1) is 12.1 Å². The molecule has 2 aromatic carbocycles. The molecular formula is C22H22N2O5. The van der Waals surface area contributed by atoms with Gasteiger partial charge in [0.25, 0.3) is 5.91 Å². The average Bonchev–Trinajstić information content (AvgIpc) is 3.04. The molecule has 0 bridgehead atoms. The van der Waals surface area contributed by atoms with E-state index in [9.17, 15) is 19.2 Å². The molecule has 1 fully saturated rings. The van der Waals surface area contributed by atoms with Crippen molar-refractivity contribution in [3.63, 3.8) is 0 Å². The Bertz CT molecular complexity index is 906. The molecule has 1 saturated heterocycles. The van der Waals surface area contributed by atoms with Gasteiger partial charge in [-0.15, -0.1) is 0 Å². The fourth-order valence-electron chi connectivity index (χ4n) is 3.03. The van der Waals surface area contributed by atoms with Crippen molar-refractivity contribution in [1.29, 1.82) is 0 Å². The summed E-state index contributed by atoms with van der Waals surface area (Å²) in [4.78, 5) is 51.2. The summed E-state index contributed by atoms with van der Waals surface area (Å²) in [7, 11) is 3.20. The van der Waals surface area contributed by atoms with Gasteiger partial charge >= 0.3 is 5.97 Å². The third-order valence-electron chi connectivity index (χ3n) is 4.68. The predicted octanol–water partition coefficient (Wildman–Crippen LogP) is 2.32. The van der Waals surface area contributed by atoms with Gasteiger partial charge in [-0.1, -0.05) is 42.5 Å². The number of esters is 1. The Morgan fingerprint density at radius 2 is 1.55 bits per heavy atom. The monoisotopic (exact) mass is 394 g/mol. The number of ether oxygens (including phenoxy) is 1. The Hall–Kier alpha value is -3.48. The van der Waals surface area contributed by atoms with Crippen LogP contribution in [-0.4, -0.2) is 47.6 Å². The number of nitrogens with zero attached hydrogens (tertiary/aromatic N) is 2. The summed E-state index contributed by atoms with van der Waals surface area (Å²) in [6.45, 7) is 0.179. The minimum Gasteiger partial charge on any atom is -0.444 e. The first-order chi connectivity index (χ1) is 13.9. The van der Waals surface area contributed by atoms with Crippen molar-refractivity contribution in [1.82, 2.24) is 9.80 Å². The highest BCUT2D eigenvalue weighted by atomic mass is 16.5. The lowest BCUT2D eigenvalue weighted by molar-refractivity contribution is -0.139. The lowest BCUT2D eigenvalue weighted by atomic mass is 10.1. The van der Waals surface area contributed by atoms with Crippen molar-refractivity contribution in [3.05, 3.63) is 71.3 Å². The Labute approximate surface area is 168 Å². The topological polar surface area (TPSA) is 84.0 Å². The van der Waals surface area contributed by atoms with Gasteiger partial charge in [-0.2, -0.15) is 0 Å². The maximum absolute atomic E-state index is 12.6. The third kappa shape index (κ3) is 4.68. The molecule has 29 heavy (non-hydrogen) atoms. The number of likely N-dealkylation sites (N-methyl/N-ethyl adjacent to an activating group) is 1. The fourth-order valence-corrected chi connectivity index (χ4v) is 3.03. The summed E-state index contributed by atoms with van der Waals surface area (Å²) in [5.74, 6) is -1.35. The molecule has 3 rings (SSSR count). The highest BCUT2D eigenvalue weighted by Gasteiger charge is 2.29. The van der Waals surface area contributed by atoms with Gasteiger partial charge in [-0.3, -0.25) is 19.3 Å². The van der Waals surface area contributed by atoms with Crippen molar-refractivity contribution in [2.45, 2.75) is 25.5 Å². The highest BCUT2D eigenvalue weighted by Crippen LogP contribution is 2.22. The number of amides is 3. The summed E-state index contributed by atoms with van der Waals surface area (Å²) in [6.07, 6.45) is -0.563. The summed E-state index contributed by atoms with van der Waals surface area (Å²) in [5.41, 5.74) is 1.59. The van der Waals surface area contributed by atoms with E-state index >= 15 is 0 Å². The van der Waals surface area contributed by atoms with E-state index in [0.29, 0.717) is 5.56 Å². The smallest absolute Gasteiger partial charge is 0.339 e. The van der Waals surface area contributed by atoms with Crippen LogP contribution < -0.4 is 0 Å². The predicted molar refractivity (Wildman–Crippen MR) is 105 cm³/mol. The molecular weight excluding hydrogens is 372 g/mol. The molecule has 1 aliphatic rings. The molecule has 3 amide bonds. The summed E-state index contributed by atoms with van der Waals surface area (Å²) >= 11 is 0. The highest BCUT2D eigenvalue weighted by molar-refractivity contribution is 6.01. The van der Waals surface area contributed by atoms with Crippen molar-refractivity contribution in [2.24, 2.45) is 0 Å². The van der Waals surface area contributed by atoms with Crippen LogP contribution in [-0.2, 0) is 25.7 Å². The van der Waals surface area contributed by atoms with Gasteiger partial charge < -0.3 is 9.64 Å². The second-order valence-corrected chi connectivity index (χ2v) is 7.00. The summed E-state index contributed by atoms with van der Waals surface area (Å²) < 4.78 is 5.50. The van der Waals surface area contributed by atoms with Crippen molar-refractivity contribution < 1.29 is 23.9 Å². The van der Waals surface area contributed by atoms with Gasteiger partial charge in [0, 0.05) is 32.5 Å². The SMILES string of the molecule is CN(C)C(=O)[C@H](OC(=O)c1ccc(CN2C(=O)CCC2=O)cc1)c1ccccc1. The maximum Gasteiger partial charge on any atom is 0.339 e. The second kappa shape index (κ2) is 8.68. The first-order valence-corrected chi connectivity index (χ1v) is 9.26. The van der Waals surface area contributed by atoms with E-state index in [-0.39, 0.29) is 42.7 Å². The van der Waals surface area contributed by atoms with Crippen LogP contribution in [0.1, 0.15) is 40.4 Å². The maximum atomic E-state index is 12.6. The van der Waals surface area contributed by atoms with Gasteiger partial charge in [0.2, 0.25) is 17.9 Å². The molecule has 7 nitrogen and oxygen atoms in total. The standard InChI is InChI=1S/C22H22N2O5/c1-23(2)21(27)20(16-6-4-3-5-7-16)29-22(28)17-10-8-15(9-11-17)14-24-18(25)12-13-19(24)26/h3-11,20H,12-14H2,1-2H3/t20-/m1/s1. The largest absolute Gasteiger partial charge is 0.444 e. The van der Waals surface area contributed by atoms with Gasteiger partial charge in [0.1, 0.15) is 0 Å². The number of likely N-dealkylation sites (tertiary alicyclic amines) is 1. The van der Waals surface area contributed by atoms with Crippen LogP contribution in [0.15, 0.2) is 54.6 Å². The van der Waals surface area contributed by atoms with Crippen molar-refractivity contribution in [3.8, 4) is 0 Å². The zero-order chi connectivity index (χ0) is 21.0. The Balaban J connectivity index is 1.72. The van der Waals surface area contributed by atoms with Crippen LogP contribution in [0, 0.1) is 0 Å². The van der Waals surface area contributed by atoms with Gasteiger partial charge in [-0.05, 0) is 17.7 Å². The number of carbonyl (C=O) groups excluding carboxylic acids is 4. The molecule has 0 saturated carbocycles. The minimum absolute atomic E-state index is 0.179. The summed E-state index contributed by atoms with van der Waals surface area (Å²) in [6, 6.07) is 15.3. The van der Waals surface area contributed by atoms with Crippen LogP contribution in [0.2, 0.25) is 0 Å². The molecule has 7 heteroatoms. The van der Waals surface area contributed by atoms with Crippen LogP contribution in [0.25, 0.3) is 0 Å². The second-order valence-electron chi connectivity index (χ2n) is 7.00. The van der Waals surface area contributed by atoms with E-state index in [1.165, 1.54) is 9.80 Å². The average molecular weight is 394 g/mol. The minimum atomic E-state index is -1.04. The molecule has 2 aromatic rings. The molecule has 0 radical (unpaired) electrons. The van der Waals surface area contributed by atoms with E-state index in [2.05, 4.69) is 0 Å². The molecule has 1 atom stereocenters. The first-order valence-electron chi connectivity index (χ1n) is 9.26. The van der Waals surface area contributed by atoms with Crippen molar-refractivity contribution in [2.75, 3.05) is 14.1 Å². The van der Waals surface area contributed by atoms with E-state index < -0.39 is 12.1 Å². The first kappa shape index (κ1) is 20.3. The van der Waals surface area contributed by atoms with Crippen LogP contribution in [0.3, 0.4) is 0 Å². The number of rotatable bonds is 6. The zero-order valence-electron chi connectivity index (χ0n) is 16.3. The molecule has 150 valence electrons. The molecule has 0 N–H and O–H groups in total. The molecule has 1 heterocycles. The van der Waals surface area contributed by atoms with Crippen LogP contribution >= 0.6 is 0 Å². The third-order valence-corrected chi connectivity index (χ3v) is 4.68. The van der Waals surface area contributed by atoms with Crippen LogP contribution in [0.4, 0.5) is 0 Å². The van der Waals surface area contributed by atoms with E-state index in [0.717, 1.165) is 5.56 Å². The Morgan fingerprint density at radius 3 is 2.10 bits per heavy atom. The van der Waals surface area contributed by atoms with Crippen molar-refractivity contribution >= 4 is 23.7 Å². The number of imide groups is 1. The number of hydrogen-bond donors (Lipinski definition) is 0. The molecule has 0 spiro atoms. The molecule has 0 unspecified atom stereocenters. The summed E-state index contributed by atoms with van der Waals surface area (Å²) in [5, 5.41) is 0. The van der Waals surface area contributed by atoms with E-state index in [4.69, 9.17) is 4.74 Å². The Kier molecular flexibility index (Phi) is 6.07. The normalized spacial score (nSPS) is 14.6. The van der Waals surface area contributed by atoms with Crippen LogP contribution in [0.5, 0.6) is 0 Å². The lowest BCUT2D eigenvalue weighted by Gasteiger charge is -2.21. The molecule has 0 aliphatic carbocycles. The lowest BCUT2D eigenvalue weighted by Crippen LogP contribution is -2.31. The molecule has 1 aliphatic heterocycles. The molecule has 0 aromatic heterocycles.